The van der Waals surface area contributed by atoms with E-state index in [-0.39, 0.29) is 27.3 Å². The lowest BCUT2D eigenvalue weighted by molar-refractivity contribution is 0.0697. The van der Waals surface area contributed by atoms with Crippen molar-refractivity contribution in [3.8, 4) is 5.75 Å². The van der Waals surface area contributed by atoms with E-state index in [0.29, 0.717) is 6.61 Å². The number of fused-ring (bicyclic) bond motifs is 1. The number of halogens is 1. The molecule has 0 aliphatic rings. The summed E-state index contributed by atoms with van der Waals surface area (Å²) in [4.78, 5) is 30.5. The summed E-state index contributed by atoms with van der Waals surface area (Å²) in [5, 5.41) is 9.66. The van der Waals surface area contributed by atoms with Crippen LogP contribution in [0.15, 0.2) is 77.6 Å². The second-order valence-electron chi connectivity index (χ2n) is 6.79. The third-order valence-electron chi connectivity index (χ3n) is 4.60. The van der Waals surface area contributed by atoms with E-state index in [1.807, 2.05) is 54.6 Å². The number of H-pyrrole nitrogens is 1. The number of carboxylic acid groups (broad SMARTS) is 1. The van der Waals surface area contributed by atoms with Crippen LogP contribution in [0.4, 0.5) is 0 Å². The summed E-state index contributed by atoms with van der Waals surface area (Å²) in [6.07, 6.45) is 1.66. The van der Waals surface area contributed by atoms with Gasteiger partial charge in [0.15, 0.2) is 5.82 Å². The first-order chi connectivity index (χ1) is 15.0. The van der Waals surface area contributed by atoms with E-state index in [4.69, 9.17) is 21.4 Å². The molecule has 0 saturated carbocycles. The number of benzene rings is 3. The molecule has 0 saturated heterocycles. The SMILES string of the molecule is O=C(O)c1ccc2c(=O)[nH]c(/C(Cl)=C/c3ccc(OCc4ccccc4)cc3)nc2c1. The Balaban J connectivity index is 1.55. The first kappa shape index (κ1) is 20.4. The van der Waals surface area contributed by atoms with Crippen molar-refractivity contribution in [1.82, 2.24) is 9.97 Å². The number of hydrogen-bond acceptors (Lipinski definition) is 4. The van der Waals surface area contributed by atoms with Gasteiger partial charge < -0.3 is 14.8 Å². The Labute approximate surface area is 182 Å². The molecule has 0 atom stereocenters. The third kappa shape index (κ3) is 4.82. The van der Waals surface area contributed by atoms with E-state index < -0.39 is 11.5 Å². The molecule has 2 N–H and O–H groups in total. The van der Waals surface area contributed by atoms with Gasteiger partial charge in [-0.2, -0.15) is 0 Å². The van der Waals surface area contributed by atoms with Crippen molar-refractivity contribution in [3.05, 3.63) is 106 Å². The van der Waals surface area contributed by atoms with Gasteiger partial charge >= 0.3 is 5.97 Å². The van der Waals surface area contributed by atoms with E-state index in [0.717, 1.165) is 16.9 Å². The Morgan fingerprint density at radius 2 is 1.81 bits per heavy atom. The topological polar surface area (TPSA) is 92.3 Å². The molecule has 0 spiro atoms. The van der Waals surface area contributed by atoms with E-state index >= 15 is 0 Å². The van der Waals surface area contributed by atoms with Crippen molar-refractivity contribution in [2.45, 2.75) is 6.61 Å². The van der Waals surface area contributed by atoms with Crippen LogP contribution in [-0.4, -0.2) is 21.0 Å². The maximum Gasteiger partial charge on any atom is 0.335 e. The first-order valence-corrected chi connectivity index (χ1v) is 9.79. The molecule has 31 heavy (non-hydrogen) atoms. The summed E-state index contributed by atoms with van der Waals surface area (Å²) in [6.45, 7) is 0.470. The smallest absolute Gasteiger partial charge is 0.335 e. The minimum atomic E-state index is -1.10. The summed E-state index contributed by atoms with van der Waals surface area (Å²) in [6, 6.07) is 21.3. The molecule has 0 radical (unpaired) electrons. The molecule has 0 amide bonds. The molecule has 0 bridgehead atoms. The quantitative estimate of drug-likeness (QED) is 0.450. The Morgan fingerprint density at radius 3 is 2.52 bits per heavy atom. The van der Waals surface area contributed by atoms with Crippen molar-refractivity contribution in [2.24, 2.45) is 0 Å². The number of hydrogen-bond donors (Lipinski definition) is 2. The van der Waals surface area contributed by atoms with Gasteiger partial charge in [0.25, 0.3) is 5.56 Å². The zero-order chi connectivity index (χ0) is 21.8. The molecule has 7 heteroatoms. The predicted octanol–water partition coefficient (Wildman–Crippen LogP) is 4.94. The minimum Gasteiger partial charge on any atom is -0.489 e. The number of ether oxygens (including phenoxy) is 1. The maximum absolute atomic E-state index is 12.3. The van der Waals surface area contributed by atoms with Crippen LogP contribution in [0.25, 0.3) is 22.0 Å². The largest absolute Gasteiger partial charge is 0.489 e. The van der Waals surface area contributed by atoms with Crippen LogP contribution in [0.1, 0.15) is 27.3 Å². The summed E-state index contributed by atoms with van der Waals surface area (Å²) in [7, 11) is 0. The molecule has 3 aromatic carbocycles. The number of aromatic amines is 1. The van der Waals surface area contributed by atoms with Crippen LogP contribution < -0.4 is 10.3 Å². The number of carboxylic acids is 1. The highest BCUT2D eigenvalue weighted by Gasteiger charge is 2.10. The highest BCUT2D eigenvalue weighted by atomic mass is 35.5. The van der Waals surface area contributed by atoms with Gasteiger partial charge in [0.05, 0.1) is 21.5 Å². The molecule has 6 nitrogen and oxygen atoms in total. The normalized spacial score (nSPS) is 11.5. The molecule has 154 valence electrons. The van der Waals surface area contributed by atoms with E-state index in [1.165, 1.54) is 18.2 Å². The molecule has 0 fully saturated rings. The average molecular weight is 433 g/mol. The fourth-order valence-electron chi connectivity index (χ4n) is 3.00. The number of rotatable bonds is 6. The van der Waals surface area contributed by atoms with Gasteiger partial charge in [-0.25, -0.2) is 9.78 Å². The highest BCUT2D eigenvalue weighted by molar-refractivity contribution is 6.50. The van der Waals surface area contributed by atoms with Crippen molar-refractivity contribution < 1.29 is 14.6 Å². The van der Waals surface area contributed by atoms with Gasteiger partial charge in [0.1, 0.15) is 12.4 Å². The molecule has 1 heterocycles. The van der Waals surface area contributed by atoms with E-state index in [2.05, 4.69) is 9.97 Å². The summed E-state index contributed by atoms with van der Waals surface area (Å²) in [5.41, 5.74) is 1.77. The Bertz CT molecular complexity index is 1330. The summed E-state index contributed by atoms with van der Waals surface area (Å²) in [5.74, 6) is -0.219. The van der Waals surface area contributed by atoms with Gasteiger partial charge in [0.2, 0.25) is 0 Å². The van der Waals surface area contributed by atoms with E-state index in [9.17, 15) is 9.59 Å². The molecular weight excluding hydrogens is 416 g/mol. The molecule has 0 aliphatic carbocycles. The number of aromatic nitrogens is 2. The zero-order valence-corrected chi connectivity index (χ0v) is 17.0. The van der Waals surface area contributed by atoms with E-state index in [1.54, 1.807) is 6.08 Å². The van der Waals surface area contributed by atoms with Gasteiger partial charge in [-0.15, -0.1) is 0 Å². The highest BCUT2D eigenvalue weighted by Crippen LogP contribution is 2.22. The maximum atomic E-state index is 12.3. The van der Waals surface area contributed by atoms with Crippen LogP contribution in [0.2, 0.25) is 0 Å². The van der Waals surface area contributed by atoms with Crippen molar-refractivity contribution in [3.63, 3.8) is 0 Å². The zero-order valence-electron chi connectivity index (χ0n) is 16.2. The fourth-order valence-corrected chi connectivity index (χ4v) is 3.22. The average Bonchev–Trinajstić information content (AvgIpc) is 2.78. The number of nitrogens with zero attached hydrogens (tertiary/aromatic N) is 1. The molecule has 0 aliphatic heterocycles. The van der Waals surface area contributed by atoms with Crippen LogP contribution in [-0.2, 0) is 6.61 Å². The summed E-state index contributed by atoms with van der Waals surface area (Å²) < 4.78 is 5.77. The second kappa shape index (κ2) is 8.85. The number of carbonyl (C=O) groups is 1. The van der Waals surface area contributed by atoms with Crippen LogP contribution in [0, 0.1) is 0 Å². The predicted molar refractivity (Wildman–Crippen MR) is 120 cm³/mol. The fraction of sp³-hybridized carbons (Fsp3) is 0.0417. The third-order valence-corrected chi connectivity index (χ3v) is 4.89. The Hall–Kier alpha value is -3.90. The van der Waals surface area contributed by atoms with Crippen LogP contribution in [0.5, 0.6) is 5.75 Å². The Kier molecular flexibility index (Phi) is 5.82. The Morgan fingerprint density at radius 1 is 1.06 bits per heavy atom. The second-order valence-corrected chi connectivity index (χ2v) is 7.19. The standard InChI is InChI=1S/C24H17ClN2O4/c25-20(22-26-21-13-17(24(29)30)8-11-19(21)23(28)27-22)12-15-6-9-18(10-7-15)31-14-16-4-2-1-3-5-16/h1-13H,14H2,(H,29,30)(H,26,27,28)/b20-12-. The van der Waals surface area contributed by atoms with Crippen molar-refractivity contribution in [2.75, 3.05) is 0 Å². The first-order valence-electron chi connectivity index (χ1n) is 9.41. The molecule has 1 aromatic heterocycles. The van der Waals surface area contributed by atoms with Crippen LogP contribution >= 0.6 is 11.6 Å². The lowest BCUT2D eigenvalue weighted by atomic mass is 10.1. The van der Waals surface area contributed by atoms with Gasteiger partial charge in [-0.1, -0.05) is 54.1 Å². The molecule has 0 unspecified atom stereocenters. The molecule has 4 rings (SSSR count). The van der Waals surface area contributed by atoms with Gasteiger partial charge in [-0.05, 0) is 47.5 Å². The van der Waals surface area contributed by atoms with Crippen molar-refractivity contribution >= 4 is 39.6 Å². The number of aromatic carboxylic acids is 1. The molecular formula is C24H17ClN2O4. The van der Waals surface area contributed by atoms with Gasteiger partial charge in [0, 0.05) is 0 Å². The minimum absolute atomic E-state index is 0.0442. The lowest BCUT2D eigenvalue weighted by Crippen LogP contribution is -2.11. The van der Waals surface area contributed by atoms with Gasteiger partial charge in [-0.3, -0.25) is 4.79 Å². The summed E-state index contributed by atoms with van der Waals surface area (Å²) >= 11 is 6.38. The van der Waals surface area contributed by atoms with Crippen molar-refractivity contribution in [1.29, 1.82) is 0 Å². The monoisotopic (exact) mass is 432 g/mol. The lowest BCUT2D eigenvalue weighted by Gasteiger charge is -2.07. The number of nitrogens with one attached hydrogen (secondary N) is 1. The molecule has 4 aromatic rings. The van der Waals surface area contributed by atoms with Crippen LogP contribution in [0.3, 0.4) is 0 Å².